The third-order valence-electron chi connectivity index (χ3n) is 5.14. The molecule has 4 nitrogen and oxygen atoms in total. The van der Waals surface area contributed by atoms with Gasteiger partial charge in [0, 0.05) is 36.8 Å². The molecular formula is C22H27ClN2O2. The largest absolute Gasteiger partial charge is 0.396 e. The van der Waals surface area contributed by atoms with E-state index in [1.807, 2.05) is 48.5 Å². The van der Waals surface area contributed by atoms with Gasteiger partial charge in [0.15, 0.2) is 0 Å². The fourth-order valence-corrected chi connectivity index (χ4v) is 3.77. The van der Waals surface area contributed by atoms with Gasteiger partial charge < -0.3 is 15.3 Å². The quantitative estimate of drug-likeness (QED) is 0.767. The number of halogens is 1. The summed E-state index contributed by atoms with van der Waals surface area (Å²) >= 11 is 5.95. The number of piperidine rings is 1. The monoisotopic (exact) mass is 386 g/mol. The van der Waals surface area contributed by atoms with E-state index in [0.717, 1.165) is 49.2 Å². The smallest absolute Gasteiger partial charge is 0.251 e. The SMILES string of the molecule is O=C(NCCN1CCCC(CO)C1)c1ccccc1Cc1ccc(Cl)cc1. The Morgan fingerprint density at radius 2 is 1.96 bits per heavy atom. The average molecular weight is 387 g/mol. The molecule has 2 N–H and O–H groups in total. The number of hydrogen-bond acceptors (Lipinski definition) is 3. The van der Waals surface area contributed by atoms with Gasteiger partial charge in [-0.15, -0.1) is 0 Å². The molecular weight excluding hydrogens is 360 g/mol. The highest BCUT2D eigenvalue weighted by molar-refractivity contribution is 6.30. The first-order valence-electron chi connectivity index (χ1n) is 9.59. The molecule has 3 rings (SSSR count). The second kappa shape index (κ2) is 9.88. The third kappa shape index (κ3) is 5.80. The number of likely N-dealkylation sites (tertiary alicyclic amines) is 1. The van der Waals surface area contributed by atoms with Crippen LogP contribution in [0.2, 0.25) is 5.02 Å². The number of hydrogen-bond donors (Lipinski definition) is 2. The first kappa shape index (κ1) is 19.9. The summed E-state index contributed by atoms with van der Waals surface area (Å²) in [6.45, 7) is 3.65. The first-order valence-corrected chi connectivity index (χ1v) is 9.97. The maximum absolute atomic E-state index is 12.7. The molecule has 1 saturated heterocycles. The number of rotatable bonds is 7. The zero-order valence-corrected chi connectivity index (χ0v) is 16.3. The van der Waals surface area contributed by atoms with Crippen molar-refractivity contribution in [3.63, 3.8) is 0 Å². The van der Waals surface area contributed by atoms with Crippen LogP contribution in [0.15, 0.2) is 48.5 Å². The van der Waals surface area contributed by atoms with Crippen LogP contribution in [-0.2, 0) is 6.42 Å². The molecule has 1 fully saturated rings. The molecule has 0 spiro atoms. The van der Waals surface area contributed by atoms with E-state index < -0.39 is 0 Å². The fourth-order valence-electron chi connectivity index (χ4n) is 3.64. The van der Waals surface area contributed by atoms with Crippen LogP contribution in [0.25, 0.3) is 0 Å². The van der Waals surface area contributed by atoms with Crippen LogP contribution in [0, 0.1) is 5.92 Å². The predicted molar refractivity (Wildman–Crippen MR) is 109 cm³/mol. The molecule has 1 heterocycles. The van der Waals surface area contributed by atoms with Crippen molar-refractivity contribution in [1.82, 2.24) is 10.2 Å². The molecule has 0 radical (unpaired) electrons. The Hall–Kier alpha value is -1.88. The van der Waals surface area contributed by atoms with Gasteiger partial charge in [-0.2, -0.15) is 0 Å². The number of amides is 1. The Labute approximate surface area is 166 Å². The number of carbonyl (C=O) groups excluding carboxylic acids is 1. The van der Waals surface area contributed by atoms with Gasteiger partial charge in [0.25, 0.3) is 5.91 Å². The van der Waals surface area contributed by atoms with Gasteiger partial charge >= 0.3 is 0 Å². The van der Waals surface area contributed by atoms with Crippen molar-refractivity contribution in [2.24, 2.45) is 5.92 Å². The minimum absolute atomic E-state index is 0.0321. The number of carbonyl (C=O) groups is 1. The van der Waals surface area contributed by atoms with Crippen LogP contribution in [-0.4, -0.2) is 48.7 Å². The fraction of sp³-hybridized carbons (Fsp3) is 0.409. The molecule has 0 aromatic heterocycles. The maximum atomic E-state index is 12.7. The minimum Gasteiger partial charge on any atom is -0.396 e. The van der Waals surface area contributed by atoms with E-state index in [0.29, 0.717) is 23.9 Å². The summed E-state index contributed by atoms with van der Waals surface area (Å²) < 4.78 is 0. The molecule has 5 heteroatoms. The van der Waals surface area contributed by atoms with Gasteiger partial charge in [0.1, 0.15) is 0 Å². The second-order valence-corrected chi connectivity index (χ2v) is 7.64. The molecule has 0 bridgehead atoms. The summed E-state index contributed by atoms with van der Waals surface area (Å²) in [5.41, 5.74) is 2.86. The molecule has 0 saturated carbocycles. The average Bonchev–Trinajstić information content (AvgIpc) is 2.70. The van der Waals surface area contributed by atoms with Crippen molar-refractivity contribution in [2.75, 3.05) is 32.8 Å². The molecule has 27 heavy (non-hydrogen) atoms. The molecule has 2 aromatic rings. The van der Waals surface area contributed by atoms with Gasteiger partial charge in [0.05, 0.1) is 0 Å². The summed E-state index contributed by atoms with van der Waals surface area (Å²) in [5.74, 6) is 0.338. The Morgan fingerprint density at radius 3 is 2.74 bits per heavy atom. The van der Waals surface area contributed by atoms with E-state index in [4.69, 9.17) is 11.6 Å². The zero-order chi connectivity index (χ0) is 19.1. The van der Waals surface area contributed by atoms with E-state index in [1.165, 1.54) is 0 Å². The number of benzene rings is 2. The number of aliphatic hydroxyl groups is 1. The van der Waals surface area contributed by atoms with Gasteiger partial charge in [-0.25, -0.2) is 0 Å². The lowest BCUT2D eigenvalue weighted by molar-refractivity contribution is 0.0930. The number of nitrogens with zero attached hydrogens (tertiary/aromatic N) is 1. The molecule has 144 valence electrons. The van der Waals surface area contributed by atoms with Crippen LogP contribution < -0.4 is 5.32 Å². The summed E-state index contributed by atoms with van der Waals surface area (Å²) in [6.07, 6.45) is 2.91. The topological polar surface area (TPSA) is 52.6 Å². The van der Waals surface area contributed by atoms with Gasteiger partial charge in [0.2, 0.25) is 0 Å². The normalized spacial score (nSPS) is 17.6. The predicted octanol–water partition coefficient (Wildman–Crippen LogP) is 3.36. The molecule has 1 aliphatic rings. The summed E-state index contributed by atoms with van der Waals surface area (Å²) in [4.78, 5) is 15.0. The molecule has 1 amide bonds. The highest BCUT2D eigenvalue weighted by Crippen LogP contribution is 2.17. The Kier molecular flexibility index (Phi) is 7.27. The van der Waals surface area contributed by atoms with Crippen LogP contribution in [0.4, 0.5) is 0 Å². The molecule has 1 atom stereocenters. The van der Waals surface area contributed by atoms with E-state index in [1.54, 1.807) is 0 Å². The maximum Gasteiger partial charge on any atom is 0.251 e. The van der Waals surface area contributed by atoms with E-state index in [-0.39, 0.29) is 12.5 Å². The minimum atomic E-state index is -0.0321. The van der Waals surface area contributed by atoms with Crippen molar-refractivity contribution in [2.45, 2.75) is 19.3 Å². The van der Waals surface area contributed by atoms with Gasteiger partial charge in [-0.1, -0.05) is 41.9 Å². The second-order valence-electron chi connectivity index (χ2n) is 7.21. The van der Waals surface area contributed by atoms with Crippen LogP contribution in [0.5, 0.6) is 0 Å². The highest BCUT2D eigenvalue weighted by Gasteiger charge is 2.19. The lowest BCUT2D eigenvalue weighted by Crippen LogP contribution is -2.41. The number of aliphatic hydroxyl groups excluding tert-OH is 1. The van der Waals surface area contributed by atoms with Crippen molar-refractivity contribution in [1.29, 1.82) is 0 Å². The van der Waals surface area contributed by atoms with Gasteiger partial charge in [-0.3, -0.25) is 4.79 Å². The Morgan fingerprint density at radius 1 is 1.19 bits per heavy atom. The third-order valence-corrected chi connectivity index (χ3v) is 5.40. The lowest BCUT2D eigenvalue weighted by Gasteiger charge is -2.31. The van der Waals surface area contributed by atoms with E-state index in [2.05, 4.69) is 10.2 Å². The number of nitrogens with one attached hydrogen (secondary N) is 1. The van der Waals surface area contributed by atoms with Gasteiger partial charge in [-0.05, 0) is 61.1 Å². The van der Waals surface area contributed by atoms with Crippen molar-refractivity contribution >= 4 is 17.5 Å². The summed E-state index contributed by atoms with van der Waals surface area (Å²) in [5, 5.41) is 13.1. The lowest BCUT2D eigenvalue weighted by atomic mass is 9.99. The first-order chi connectivity index (χ1) is 13.2. The van der Waals surface area contributed by atoms with Crippen LogP contribution >= 0.6 is 11.6 Å². The summed E-state index contributed by atoms with van der Waals surface area (Å²) in [7, 11) is 0. The molecule has 1 unspecified atom stereocenters. The molecule has 0 aliphatic carbocycles. The Bertz CT molecular complexity index is 748. The molecule has 1 aliphatic heterocycles. The standard InChI is InChI=1S/C22H27ClN2O2/c23-20-9-7-17(8-10-20)14-19-5-1-2-6-21(19)22(27)24-11-13-25-12-3-4-18(15-25)16-26/h1-2,5-10,18,26H,3-4,11-16H2,(H,24,27). The summed E-state index contributed by atoms with van der Waals surface area (Å²) in [6, 6.07) is 15.5. The highest BCUT2D eigenvalue weighted by atomic mass is 35.5. The van der Waals surface area contributed by atoms with E-state index >= 15 is 0 Å². The zero-order valence-electron chi connectivity index (χ0n) is 15.5. The molecule has 2 aromatic carbocycles. The van der Waals surface area contributed by atoms with Crippen molar-refractivity contribution in [3.8, 4) is 0 Å². The van der Waals surface area contributed by atoms with Crippen LogP contribution in [0.1, 0.15) is 34.3 Å². The van der Waals surface area contributed by atoms with E-state index in [9.17, 15) is 9.90 Å². The van der Waals surface area contributed by atoms with Crippen molar-refractivity contribution in [3.05, 3.63) is 70.2 Å². The Balaban J connectivity index is 1.56. The van der Waals surface area contributed by atoms with Crippen LogP contribution in [0.3, 0.4) is 0 Å². The van der Waals surface area contributed by atoms with Crippen molar-refractivity contribution < 1.29 is 9.90 Å².